The molecule has 2 aromatic rings. The van der Waals surface area contributed by atoms with Crippen molar-refractivity contribution in [1.82, 2.24) is 5.06 Å². The van der Waals surface area contributed by atoms with Gasteiger partial charge in [0.25, 0.3) is 11.8 Å². The molecule has 2 unspecified atom stereocenters. The van der Waals surface area contributed by atoms with Gasteiger partial charge < -0.3 is 33.7 Å². The summed E-state index contributed by atoms with van der Waals surface area (Å²) in [4.78, 5) is 47.2. The highest BCUT2D eigenvalue weighted by Gasteiger charge is 2.44. The molecule has 6 rings (SSSR count). The number of imide groups is 1. The van der Waals surface area contributed by atoms with Crippen molar-refractivity contribution in [1.29, 1.82) is 0 Å². The van der Waals surface area contributed by atoms with E-state index in [1.54, 1.807) is 18.2 Å². The molecule has 4 aliphatic heterocycles. The van der Waals surface area contributed by atoms with Crippen LogP contribution in [-0.4, -0.2) is 66.2 Å². The molecule has 214 valence electrons. The quantitative estimate of drug-likeness (QED) is 0.375. The number of aliphatic hydroxyl groups excluding tert-OH is 1. The Morgan fingerprint density at radius 2 is 1.98 bits per heavy atom. The van der Waals surface area contributed by atoms with E-state index in [2.05, 4.69) is 11.7 Å². The van der Waals surface area contributed by atoms with E-state index in [9.17, 15) is 19.5 Å². The number of amides is 2. The number of oxime groups is 1. The van der Waals surface area contributed by atoms with Crippen LogP contribution < -0.4 is 18.9 Å². The second-order valence-electron chi connectivity index (χ2n) is 10.2. The Bertz CT molecular complexity index is 1480. The van der Waals surface area contributed by atoms with Gasteiger partial charge in [0.15, 0.2) is 12.7 Å². The van der Waals surface area contributed by atoms with Crippen LogP contribution in [0.25, 0.3) is 0 Å². The maximum atomic E-state index is 12.6. The predicted octanol–water partition coefficient (Wildman–Crippen LogP) is 2.33. The fourth-order valence-corrected chi connectivity index (χ4v) is 5.43. The van der Waals surface area contributed by atoms with Crippen molar-refractivity contribution in [2.45, 2.75) is 50.9 Å². The highest BCUT2D eigenvalue weighted by molar-refractivity contribution is 6.09. The number of carbonyl (C=O) groups excluding carboxylic acids is 3. The van der Waals surface area contributed by atoms with Gasteiger partial charge in [0.05, 0.1) is 19.6 Å². The first-order valence-electron chi connectivity index (χ1n) is 13.1. The summed E-state index contributed by atoms with van der Waals surface area (Å²) in [6.07, 6.45) is -0.294. The van der Waals surface area contributed by atoms with Gasteiger partial charge in [-0.25, -0.2) is 4.79 Å². The van der Waals surface area contributed by atoms with Crippen LogP contribution in [-0.2, 0) is 37.1 Å². The fraction of sp³-hybridized carbons (Fsp3) is 0.379. The summed E-state index contributed by atoms with van der Waals surface area (Å²) in [7, 11) is 1.52. The minimum atomic E-state index is -0.910. The average Bonchev–Trinajstić information content (AvgIpc) is 3.68. The first kappa shape index (κ1) is 26.6. The second-order valence-corrected chi connectivity index (χ2v) is 10.2. The van der Waals surface area contributed by atoms with Crippen molar-refractivity contribution >= 4 is 23.5 Å². The molecule has 12 nitrogen and oxygen atoms in total. The van der Waals surface area contributed by atoms with Crippen molar-refractivity contribution in [3.63, 3.8) is 0 Å². The summed E-state index contributed by atoms with van der Waals surface area (Å²) in [6, 6.07) is 7.14. The number of aliphatic hydroxyl groups is 1. The molecule has 1 saturated heterocycles. The number of benzene rings is 2. The summed E-state index contributed by atoms with van der Waals surface area (Å²) in [5.74, 6) is -0.442. The molecule has 0 saturated carbocycles. The Kier molecular flexibility index (Phi) is 6.78. The lowest BCUT2D eigenvalue weighted by molar-refractivity contribution is -0.198. The third kappa shape index (κ3) is 4.63. The van der Waals surface area contributed by atoms with Crippen LogP contribution in [0.15, 0.2) is 41.6 Å². The van der Waals surface area contributed by atoms with E-state index < -0.39 is 30.5 Å². The second kappa shape index (κ2) is 10.4. The number of methoxy groups -OCH3 is 1. The number of hydroxylamine groups is 2. The zero-order chi connectivity index (χ0) is 28.8. The Morgan fingerprint density at radius 3 is 2.68 bits per heavy atom. The number of hydrogen-bond donors (Lipinski definition) is 1. The van der Waals surface area contributed by atoms with Crippen LogP contribution in [0.1, 0.15) is 47.9 Å². The molecule has 1 fully saturated rings. The molecule has 0 bridgehead atoms. The molecule has 2 amide bonds. The lowest BCUT2D eigenvalue weighted by Gasteiger charge is -2.29. The fourth-order valence-electron chi connectivity index (χ4n) is 5.43. The lowest BCUT2D eigenvalue weighted by atomic mass is 9.83. The zero-order valence-electron chi connectivity index (χ0n) is 22.5. The van der Waals surface area contributed by atoms with Crippen molar-refractivity contribution < 1.29 is 48.1 Å². The van der Waals surface area contributed by atoms with E-state index in [4.69, 9.17) is 28.6 Å². The maximum Gasteiger partial charge on any atom is 0.370 e. The molecular weight excluding hydrogens is 536 g/mol. The van der Waals surface area contributed by atoms with Gasteiger partial charge in [0, 0.05) is 41.5 Å². The normalized spacial score (nSPS) is 22.1. The zero-order valence-corrected chi connectivity index (χ0v) is 22.5. The molecule has 12 heteroatoms. The molecule has 4 aliphatic rings. The average molecular weight is 565 g/mol. The van der Waals surface area contributed by atoms with Crippen molar-refractivity contribution in [2.75, 3.05) is 20.3 Å². The molecule has 0 aliphatic carbocycles. The van der Waals surface area contributed by atoms with Gasteiger partial charge in [0.1, 0.15) is 41.4 Å². The Morgan fingerprint density at radius 1 is 1.20 bits per heavy atom. The third-order valence-corrected chi connectivity index (χ3v) is 7.51. The summed E-state index contributed by atoms with van der Waals surface area (Å²) in [5.41, 5.74) is 4.00. The van der Waals surface area contributed by atoms with Gasteiger partial charge in [-0.3, -0.25) is 9.59 Å². The van der Waals surface area contributed by atoms with E-state index >= 15 is 0 Å². The van der Waals surface area contributed by atoms with E-state index in [1.165, 1.54) is 7.11 Å². The van der Waals surface area contributed by atoms with Crippen LogP contribution in [0.3, 0.4) is 0 Å². The van der Waals surface area contributed by atoms with Crippen LogP contribution in [0.5, 0.6) is 23.0 Å². The molecular formula is C29H28N2O10. The standard InChI is InChI=1S/C29H28N2O10/c1-14(2)20-10-18-19(39-20)5-4-16(29(18)38-13-26(35)41-31-24(33)6-7-25(31)34)28-27-17-9-21(36-3)15(11-32)8-22(17)37-12-23(27)40-30-28/h4-5,8-9,20,23,27,32H,1,6-7,10-13H2,2-3H3/t20-,23?,27?/m1/s1. The smallest absolute Gasteiger partial charge is 0.370 e. The molecule has 0 radical (unpaired) electrons. The van der Waals surface area contributed by atoms with Gasteiger partial charge >= 0.3 is 5.97 Å². The van der Waals surface area contributed by atoms with E-state index in [-0.39, 0.29) is 38.1 Å². The van der Waals surface area contributed by atoms with Gasteiger partial charge in [-0.2, -0.15) is 0 Å². The highest BCUT2D eigenvalue weighted by Crippen LogP contribution is 2.47. The number of fused-ring (bicyclic) bond motifs is 4. The number of rotatable bonds is 8. The first-order chi connectivity index (χ1) is 19.8. The minimum absolute atomic E-state index is 0.0128. The topological polar surface area (TPSA) is 142 Å². The van der Waals surface area contributed by atoms with E-state index in [0.717, 1.165) is 11.1 Å². The summed E-state index contributed by atoms with van der Waals surface area (Å²) >= 11 is 0. The number of nitrogens with zero attached hydrogens (tertiary/aromatic N) is 2. The van der Waals surface area contributed by atoms with Crippen LogP contribution in [0.4, 0.5) is 0 Å². The molecule has 1 N–H and O–H groups in total. The summed E-state index contributed by atoms with van der Waals surface area (Å²) < 4.78 is 23.5. The van der Waals surface area contributed by atoms with Gasteiger partial charge in [0.2, 0.25) is 0 Å². The Balaban J connectivity index is 1.35. The van der Waals surface area contributed by atoms with Gasteiger partial charge in [-0.15, -0.1) is 5.06 Å². The SMILES string of the molecule is C=C(C)[C@H]1Cc2c(ccc(C3=NOC4COc5cc(CO)c(OC)cc5C34)c2OCC(=O)ON2C(=O)CCC2=O)O1. The molecule has 41 heavy (non-hydrogen) atoms. The molecule has 2 aromatic carbocycles. The van der Waals surface area contributed by atoms with Gasteiger partial charge in [-0.05, 0) is 36.8 Å². The Hall–Kier alpha value is -4.58. The monoisotopic (exact) mass is 564 g/mol. The van der Waals surface area contributed by atoms with E-state index in [1.807, 2.05) is 13.0 Å². The molecule has 3 atom stereocenters. The van der Waals surface area contributed by atoms with Crippen molar-refractivity contribution in [2.24, 2.45) is 5.16 Å². The lowest BCUT2D eigenvalue weighted by Crippen LogP contribution is -2.34. The molecule has 4 heterocycles. The molecule has 0 spiro atoms. The number of hydrogen-bond acceptors (Lipinski definition) is 11. The minimum Gasteiger partial charge on any atom is -0.496 e. The summed E-state index contributed by atoms with van der Waals surface area (Å²) in [6.45, 7) is 5.31. The van der Waals surface area contributed by atoms with Crippen LogP contribution >= 0.6 is 0 Å². The summed E-state index contributed by atoms with van der Waals surface area (Å²) in [5, 5.41) is 14.7. The third-order valence-electron chi connectivity index (χ3n) is 7.51. The van der Waals surface area contributed by atoms with Crippen LogP contribution in [0, 0.1) is 0 Å². The molecule has 0 aromatic heterocycles. The maximum absolute atomic E-state index is 12.6. The van der Waals surface area contributed by atoms with Gasteiger partial charge in [-0.1, -0.05) is 11.7 Å². The predicted molar refractivity (Wildman–Crippen MR) is 141 cm³/mol. The largest absolute Gasteiger partial charge is 0.496 e. The van der Waals surface area contributed by atoms with Crippen molar-refractivity contribution in [3.8, 4) is 23.0 Å². The Labute approximate surface area is 235 Å². The number of carbonyl (C=O) groups is 3. The highest BCUT2D eigenvalue weighted by atomic mass is 16.7. The number of ether oxygens (including phenoxy) is 4. The van der Waals surface area contributed by atoms with Crippen molar-refractivity contribution in [3.05, 3.63) is 58.7 Å². The van der Waals surface area contributed by atoms with Crippen LogP contribution in [0.2, 0.25) is 0 Å². The van der Waals surface area contributed by atoms with E-state index in [0.29, 0.717) is 56.9 Å². The first-order valence-corrected chi connectivity index (χ1v) is 13.1.